The van der Waals surface area contributed by atoms with E-state index in [2.05, 4.69) is 13.2 Å². The fourth-order valence-electron chi connectivity index (χ4n) is 0.409. The molecule has 0 radical (unpaired) electrons. The Labute approximate surface area is 54.4 Å². The Morgan fingerprint density at radius 1 is 1.44 bits per heavy atom. The summed E-state index contributed by atoms with van der Waals surface area (Å²) < 4.78 is 12.4. The standard InChI is InChI=1S/C7H10FN/c1-3-6(5-9)7(8)4-2/h3-4H,1-2,5,9H2/b7-6-. The summed E-state index contributed by atoms with van der Waals surface area (Å²) in [5, 5.41) is 0. The van der Waals surface area contributed by atoms with Gasteiger partial charge in [0.25, 0.3) is 0 Å². The first-order valence-electron chi connectivity index (χ1n) is 2.59. The van der Waals surface area contributed by atoms with Crippen LogP contribution in [0.25, 0.3) is 0 Å². The lowest BCUT2D eigenvalue weighted by atomic mass is 10.2. The Balaban J connectivity index is 4.36. The van der Waals surface area contributed by atoms with E-state index in [0.29, 0.717) is 5.57 Å². The number of halogens is 1. The SMILES string of the molecule is C=C/C(F)=C(\C=C)CN. The van der Waals surface area contributed by atoms with E-state index in [9.17, 15) is 4.39 Å². The Morgan fingerprint density at radius 3 is 2.11 bits per heavy atom. The first-order chi connectivity index (χ1) is 4.26. The Morgan fingerprint density at radius 2 is 2.00 bits per heavy atom. The highest BCUT2D eigenvalue weighted by Gasteiger charge is 1.93. The molecule has 0 fully saturated rings. The molecule has 0 aromatic rings. The van der Waals surface area contributed by atoms with Gasteiger partial charge in [-0.2, -0.15) is 0 Å². The zero-order valence-corrected chi connectivity index (χ0v) is 5.23. The van der Waals surface area contributed by atoms with E-state index in [4.69, 9.17) is 5.73 Å². The summed E-state index contributed by atoms with van der Waals surface area (Å²) in [7, 11) is 0. The van der Waals surface area contributed by atoms with E-state index in [0.717, 1.165) is 6.08 Å². The molecule has 0 bridgehead atoms. The van der Waals surface area contributed by atoms with Crippen molar-refractivity contribution in [1.82, 2.24) is 0 Å². The Hall–Kier alpha value is -0.890. The molecule has 0 atom stereocenters. The molecule has 0 aliphatic carbocycles. The molecule has 0 spiro atoms. The summed E-state index contributed by atoms with van der Waals surface area (Å²) in [6, 6.07) is 0. The predicted molar refractivity (Wildman–Crippen MR) is 37.6 cm³/mol. The van der Waals surface area contributed by atoms with Crippen molar-refractivity contribution < 1.29 is 4.39 Å². The van der Waals surface area contributed by atoms with Gasteiger partial charge in [-0.25, -0.2) is 4.39 Å². The first-order valence-corrected chi connectivity index (χ1v) is 2.59. The van der Waals surface area contributed by atoms with Crippen molar-refractivity contribution in [2.24, 2.45) is 5.73 Å². The minimum absolute atomic E-state index is 0.168. The molecule has 9 heavy (non-hydrogen) atoms. The highest BCUT2D eigenvalue weighted by Crippen LogP contribution is 2.05. The van der Waals surface area contributed by atoms with E-state index in [-0.39, 0.29) is 6.54 Å². The van der Waals surface area contributed by atoms with Gasteiger partial charge in [0.15, 0.2) is 0 Å². The number of allylic oxidation sites excluding steroid dienone is 2. The van der Waals surface area contributed by atoms with E-state index >= 15 is 0 Å². The van der Waals surface area contributed by atoms with E-state index in [1.54, 1.807) is 0 Å². The molecule has 0 aliphatic rings. The molecule has 0 heterocycles. The maximum atomic E-state index is 12.4. The summed E-state index contributed by atoms with van der Waals surface area (Å²) in [6.45, 7) is 6.78. The van der Waals surface area contributed by atoms with Crippen molar-refractivity contribution in [2.45, 2.75) is 0 Å². The number of rotatable bonds is 3. The van der Waals surface area contributed by atoms with Crippen LogP contribution in [0.4, 0.5) is 4.39 Å². The lowest BCUT2D eigenvalue weighted by Gasteiger charge is -1.94. The summed E-state index contributed by atoms with van der Waals surface area (Å²) in [4.78, 5) is 0. The van der Waals surface area contributed by atoms with Crippen molar-refractivity contribution >= 4 is 0 Å². The average Bonchev–Trinajstić information content (AvgIpc) is 1.90. The third-order valence-electron chi connectivity index (χ3n) is 0.952. The van der Waals surface area contributed by atoms with E-state index in [1.165, 1.54) is 6.08 Å². The van der Waals surface area contributed by atoms with Crippen molar-refractivity contribution in [3.05, 3.63) is 36.7 Å². The lowest BCUT2D eigenvalue weighted by Crippen LogP contribution is -2.01. The lowest BCUT2D eigenvalue weighted by molar-refractivity contribution is 0.656. The number of nitrogens with two attached hydrogens (primary N) is 1. The summed E-state index contributed by atoms with van der Waals surface area (Å²) in [5.41, 5.74) is 5.54. The van der Waals surface area contributed by atoms with Gasteiger partial charge in [0.2, 0.25) is 0 Å². The molecule has 0 rings (SSSR count). The van der Waals surface area contributed by atoms with Gasteiger partial charge < -0.3 is 5.73 Å². The topological polar surface area (TPSA) is 26.0 Å². The smallest absolute Gasteiger partial charge is 0.127 e. The second-order valence-corrected chi connectivity index (χ2v) is 1.49. The third kappa shape index (κ3) is 2.24. The average molecular weight is 127 g/mol. The van der Waals surface area contributed by atoms with Crippen LogP contribution in [0.2, 0.25) is 0 Å². The third-order valence-corrected chi connectivity index (χ3v) is 0.952. The molecule has 50 valence electrons. The minimum Gasteiger partial charge on any atom is -0.326 e. The zero-order valence-electron chi connectivity index (χ0n) is 5.23. The van der Waals surface area contributed by atoms with Gasteiger partial charge in [-0.05, 0) is 6.08 Å². The van der Waals surface area contributed by atoms with E-state index in [1.807, 2.05) is 0 Å². The van der Waals surface area contributed by atoms with Crippen LogP contribution in [-0.2, 0) is 0 Å². The van der Waals surface area contributed by atoms with Gasteiger partial charge in [-0.15, -0.1) is 0 Å². The van der Waals surface area contributed by atoms with Crippen LogP contribution >= 0.6 is 0 Å². The molecule has 2 N–H and O–H groups in total. The summed E-state index contributed by atoms with van der Waals surface area (Å²) >= 11 is 0. The molecule has 0 saturated heterocycles. The second-order valence-electron chi connectivity index (χ2n) is 1.49. The van der Waals surface area contributed by atoms with Gasteiger partial charge in [-0.3, -0.25) is 0 Å². The molecule has 1 nitrogen and oxygen atoms in total. The van der Waals surface area contributed by atoms with Crippen LogP contribution in [0.15, 0.2) is 36.7 Å². The highest BCUT2D eigenvalue weighted by atomic mass is 19.1. The second kappa shape index (κ2) is 4.04. The molecular formula is C7H10FN. The largest absolute Gasteiger partial charge is 0.326 e. The minimum atomic E-state index is -0.396. The molecule has 0 unspecified atom stereocenters. The number of hydrogen-bond acceptors (Lipinski definition) is 1. The van der Waals surface area contributed by atoms with Crippen molar-refractivity contribution in [1.29, 1.82) is 0 Å². The van der Waals surface area contributed by atoms with Crippen LogP contribution in [0.1, 0.15) is 0 Å². The normalized spacial score (nSPS) is 12.2. The van der Waals surface area contributed by atoms with Gasteiger partial charge >= 0.3 is 0 Å². The van der Waals surface area contributed by atoms with Gasteiger partial charge in [-0.1, -0.05) is 19.2 Å². The monoisotopic (exact) mass is 127 g/mol. The van der Waals surface area contributed by atoms with Crippen LogP contribution in [0.3, 0.4) is 0 Å². The highest BCUT2D eigenvalue weighted by molar-refractivity contribution is 5.27. The molecule has 0 aliphatic heterocycles. The quantitative estimate of drug-likeness (QED) is 0.572. The van der Waals surface area contributed by atoms with Crippen molar-refractivity contribution in [3.8, 4) is 0 Å². The van der Waals surface area contributed by atoms with Crippen LogP contribution in [0.5, 0.6) is 0 Å². The number of hydrogen-bond donors (Lipinski definition) is 1. The maximum absolute atomic E-state index is 12.4. The van der Waals surface area contributed by atoms with Crippen LogP contribution in [0, 0.1) is 0 Å². The molecular weight excluding hydrogens is 117 g/mol. The van der Waals surface area contributed by atoms with Crippen LogP contribution in [-0.4, -0.2) is 6.54 Å². The van der Waals surface area contributed by atoms with Gasteiger partial charge in [0.05, 0.1) is 0 Å². The zero-order chi connectivity index (χ0) is 7.28. The maximum Gasteiger partial charge on any atom is 0.127 e. The van der Waals surface area contributed by atoms with Gasteiger partial charge in [0.1, 0.15) is 5.83 Å². The molecule has 0 amide bonds. The Bertz CT molecular complexity index is 147. The summed E-state index contributed by atoms with van der Waals surface area (Å²) in [6.07, 6.45) is 2.50. The fourth-order valence-corrected chi connectivity index (χ4v) is 0.409. The fraction of sp³-hybridized carbons (Fsp3) is 0.143. The first kappa shape index (κ1) is 8.11. The summed E-state index contributed by atoms with van der Waals surface area (Å²) in [5.74, 6) is -0.396. The van der Waals surface area contributed by atoms with Gasteiger partial charge in [0, 0.05) is 12.1 Å². The Kier molecular flexibility index (Phi) is 3.64. The van der Waals surface area contributed by atoms with Crippen molar-refractivity contribution in [3.63, 3.8) is 0 Å². The molecule has 2 heteroatoms. The van der Waals surface area contributed by atoms with Crippen molar-refractivity contribution in [2.75, 3.05) is 6.54 Å². The molecule has 0 aromatic heterocycles. The van der Waals surface area contributed by atoms with E-state index < -0.39 is 5.83 Å². The van der Waals surface area contributed by atoms with Crippen LogP contribution < -0.4 is 5.73 Å². The molecule has 0 saturated carbocycles. The molecule has 0 aromatic carbocycles. The predicted octanol–water partition coefficient (Wildman–Crippen LogP) is 1.54.